The third kappa shape index (κ3) is 9.45. The van der Waals surface area contributed by atoms with Crippen LogP contribution in [0.5, 0.6) is 0 Å². The third-order valence-electron chi connectivity index (χ3n) is 17.4. The van der Waals surface area contributed by atoms with Gasteiger partial charge in [-0.25, -0.2) is 0 Å². The van der Waals surface area contributed by atoms with Crippen LogP contribution < -0.4 is 44.1 Å². The van der Waals surface area contributed by atoms with Gasteiger partial charge in [-0.3, -0.25) is 0 Å². The van der Waals surface area contributed by atoms with Crippen molar-refractivity contribution in [1.82, 2.24) is 0 Å². The molecule has 9 nitrogen and oxygen atoms in total. The average Bonchev–Trinajstić information content (AvgIpc) is 1.55. The van der Waals surface area contributed by atoms with Crippen LogP contribution in [0.25, 0.3) is 0 Å². The van der Waals surface area contributed by atoms with Crippen molar-refractivity contribution in [1.29, 1.82) is 0 Å². The number of hydrogen-bond donors (Lipinski definition) is 0. The van der Waals surface area contributed by atoms with Crippen molar-refractivity contribution < 1.29 is 51.7 Å². The number of benzene rings is 9. The van der Waals surface area contributed by atoms with Crippen molar-refractivity contribution in [3.8, 4) is 0 Å². The SMILES string of the molecule is [2H]C([2H])([2H])C1[C]2=[Pt]=[C]3N(c4[c-]c(cc(C(C)(C)C)c4)N(c4ccc(N5c6[c-]c(cc(C(C)(C)C)c6)N6[C](=[Pt]=[C]7N(c8[c-]c5cc(C(C)(C)C)c8)c5ccccc5N7C([2H])([2H])[2H])N(C([2H])([2H])[2H])c5ccccc56)cc4)c4[c-]c(cc(C(C)(C)C)c4)N2c2ccccc21)c1ccccc1N3C([2H])([2H])[2H]. The molecule has 0 saturated carbocycles. The summed E-state index contributed by atoms with van der Waals surface area (Å²) < 4.78 is 114. The zero-order valence-electron chi connectivity index (χ0n) is 64.4. The van der Waals surface area contributed by atoms with Crippen LogP contribution in [0.1, 0.15) is 140 Å². The van der Waals surface area contributed by atoms with E-state index in [1.165, 1.54) is 14.7 Å². The Labute approximate surface area is 566 Å². The molecule has 0 aromatic heterocycles. The molecule has 0 radical (unpaired) electrons. The molecule has 90 heavy (non-hydrogen) atoms. The number of fused-ring (bicyclic) bond motifs is 24. The van der Waals surface area contributed by atoms with Crippen molar-refractivity contribution >= 4 is 113 Å². The first-order valence-electron chi connectivity index (χ1n) is 36.3. The second-order valence-electron chi connectivity index (χ2n) is 27.7. The Balaban J connectivity index is 1.03. The predicted octanol–water partition coefficient (Wildman–Crippen LogP) is 18.6. The van der Waals surface area contributed by atoms with E-state index >= 15 is 0 Å². The Bertz CT molecular complexity index is 4510. The summed E-state index contributed by atoms with van der Waals surface area (Å²) in [6, 6.07) is 70.9. The number of para-hydroxylation sites is 7. The van der Waals surface area contributed by atoms with E-state index in [4.69, 9.17) is 0 Å². The van der Waals surface area contributed by atoms with E-state index in [1.807, 2.05) is 112 Å². The van der Waals surface area contributed by atoms with Gasteiger partial charge in [0.25, 0.3) is 0 Å². The Morgan fingerprint density at radius 2 is 0.600 bits per heavy atom. The summed E-state index contributed by atoms with van der Waals surface area (Å²) in [5.41, 5.74) is 12.7. The monoisotopic (exact) mass is 1550 g/mol. The Morgan fingerprint density at radius 3 is 0.911 bits per heavy atom. The van der Waals surface area contributed by atoms with Crippen molar-refractivity contribution in [2.75, 3.05) is 65.0 Å². The first-order valence-corrected chi connectivity index (χ1v) is 34.8. The quantitative estimate of drug-likeness (QED) is 0.157. The molecule has 0 spiro atoms. The maximum atomic E-state index is 9.40. The zero-order chi connectivity index (χ0) is 72.8. The fourth-order valence-electron chi connectivity index (χ4n) is 12.4. The van der Waals surface area contributed by atoms with Crippen LogP contribution in [-0.2, 0) is 56.9 Å². The summed E-state index contributed by atoms with van der Waals surface area (Å²) in [7, 11) is 0. The Kier molecular flexibility index (Phi) is 10.7. The fourth-order valence-corrected chi connectivity index (χ4v) is 18.9. The number of nitrogens with zero attached hydrogens (tertiary/aromatic N) is 9. The summed E-state index contributed by atoms with van der Waals surface area (Å²) in [6.45, 7) is 15.2. The van der Waals surface area contributed by atoms with Gasteiger partial charge in [-0.2, -0.15) is 0 Å². The van der Waals surface area contributed by atoms with Crippen molar-refractivity contribution in [3.05, 3.63) is 222 Å². The van der Waals surface area contributed by atoms with Crippen LogP contribution in [0.3, 0.4) is 0 Å². The fraction of sp³-hybridized carbons (Fsp3) is 0.266. The molecule has 6 heterocycles. The van der Waals surface area contributed by atoms with Crippen molar-refractivity contribution in [2.24, 2.45) is 0 Å². The minimum atomic E-state index is -2.71. The minimum absolute atomic E-state index is 0.423. The van der Waals surface area contributed by atoms with Crippen LogP contribution in [0, 0.1) is 24.3 Å². The van der Waals surface area contributed by atoms with E-state index < -0.39 is 90.6 Å². The van der Waals surface area contributed by atoms with E-state index in [2.05, 4.69) is 195 Å². The van der Waals surface area contributed by atoms with Crippen molar-refractivity contribution in [3.63, 3.8) is 0 Å². The number of rotatable bonds is 2. The zero-order valence-corrected chi connectivity index (χ0v) is 56.9. The molecule has 0 saturated heterocycles. The van der Waals surface area contributed by atoms with E-state index in [9.17, 15) is 16.4 Å². The second kappa shape index (κ2) is 20.8. The van der Waals surface area contributed by atoms with Gasteiger partial charge in [-0.05, 0) is 0 Å². The first-order chi connectivity index (χ1) is 47.6. The average molecular weight is 1550 g/mol. The molecular weight excluding hydrogens is 1470 g/mol. The van der Waals surface area contributed by atoms with Gasteiger partial charge in [0.2, 0.25) is 0 Å². The van der Waals surface area contributed by atoms with Crippen LogP contribution in [0.15, 0.2) is 170 Å². The summed E-state index contributed by atoms with van der Waals surface area (Å²) in [6.07, 6.45) is 0. The van der Waals surface area contributed by atoms with E-state index in [1.54, 1.807) is 0 Å². The summed E-state index contributed by atoms with van der Waals surface area (Å²) in [4.78, 5) is 16.6. The third-order valence-corrected chi connectivity index (χ3v) is 23.8. The first kappa shape index (κ1) is 46.2. The maximum absolute atomic E-state index is 9.40. The molecule has 0 N–H and O–H groups in total. The van der Waals surface area contributed by atoms with Gasteiger partial charge >= 0.3 is 569 Å². The van der Waals surface area contributed by atoms with Crippen LogP contribution >= 0.6 is 0 Å². The molecule has 0 amide bonds. The Hall–Kier alpha value is -7.96. The summed E-state index contributed by atoms with van der Waals surface area (Å²) >= 11 is -3.48. The molecular formula is C79H77N9Pt2-4. The van der Waals surface area contributed by atoms with Gasteiger partial charge < -0.3 is 0 Å². The molecule has 0 fully saturated rings. The van der Waals surface area contributed by atoms with Gasteiger partial charge in [-0.1, -0.05) is 0 Å². The molecule has 9 aromatic rings. The second-order valence-corrected chi connectivity index (χ2v) is 33.1. The topological polar surface area (TPSA) is 29.2 Å². The normalized spacial score (nSPS) is 19.6. The molecule has 6 aliphatic rings. The molecule has 0 aliphatic carbocycles. The molecule has 8 bridgehead atoms. The molecule has 9 aromatic carbocycles. The van der Waals surface area contributed by atoms with Gasteiger partial charge in [0.1, 0.15) is 0 Å². The van der Waals surface area contributed by atoms with Crippen LogP contribution in [0.2, 0.25) is 0 Å². The van der Waals surface area contributed by atoms with E-state index in [-0.39, 0.29) is 0 Å². The van der Waals surface area contributed by atoms with Crippen LogP contribution in [0.4, 0.5) is 96.7 Å². The molecule has 6 aliphatic heterocycles. The van der Waals surface area contributed by atoms with Crippen LogP contribution in [-0.4, -0.2) is 37.4 Å². The molecule has 11 heteroatoms. The molecule has 462 valence electrons. The van der Waals surface area contributed by atoms with Crippen molar-refractivity contribution in [2.45, 2.75) is 118 Å². The molecule has 1 unspecified atom stereocenters. The summed E-state index contributed by atoms with van der Waals surface area (Å²) in [5, 5.41) is 0. The van der Waals surface area contributed by atoms with Gasteiger partial charge in [-0.15, -0.1) is 0 Å². The molecule has 15 rings (SSSR count). The molecule has 1 atom stereocenters. The predicted molar refractivity (Wildman–Crippen MR) is 374 cm³/mol. The van der Waals surface area contributed by atoms with E-state index in [0.29, 0.717) is 119 Å². The summed E-state index contributed by atoms with van der Waals surface area (Å²) in [5.74, 6) is -1.09. The van der Waals surface area contributed by atoms with E-state index in [0.717, 1.165) is 22.3 Å². The number of hydrogen-bond acceptors (Lipinski definition) is 9. The van der Waals surface area contributed by atoms with Gasteiger partial charge in [0, 0.05) is 0 Å². The van der Waals surface area contributed by atoms with Gasteiger partial charge in [0.15, 0.2) is 0 Å². The number of anilines is 17. The van der Waals surface area contributed by atoms with Gasteiger partial charge in [0.05, 0.1) is 0 Å². The standard InChI is InChI=1S/C79H77N9.2Pt/c1-53-49-83(69-26-18-17-25-68(53)69)60-37-54(76(2,3)4)41-64(45-60)87(65-42-55(77(5,6)7)38-61(46-65)84-50-80(14)70-27-19-22-30-73(70)84)58-33-35-59(36-34-58)88(66-43-56(78(8,9)10)39-62(47-66)85-51-81(15)71-28-20-23-31-74(71)85)67-44-57(79(11,12)13)40-63(48-67)86-52-82(16)72-29-21-24-32-75(72)86;;/h17-44,53H,1-16H3;;/q-4;;/i1D3,14D3,15D3,16D3;;. The Morgan fingerprint density at radius 1 is 0.322 bits per heavy atom.